The summed E-state index contributed by atoms with van der Waals surface area (Å²) in [4.78, 5) is 45.3. The fraction of sp³-hybridized carbons (Fsp3) is 0.875. The van der Waals surface area contributed by atoms with Crippen LogP contribution in [0, 0.1) is 13.8 Å². The molecule has 0 amide bonds. The minimum atomic E-state index is -3.81. The molecule has 0 saturated heterocycles. The van der Waals surface area contributed by atoms with Gasteiger partial charge in [-0.15, -0.1) is 0 Å². The average molecular weight is 551 g/mol. The Hall–Kier alpha value is 1.75. The SMILES string of the molecule is OP(O)(O)=S.OP(O)(O)=S.[CH2-]CCCCCCC.[CH2-]CCCCCCC.[Mo+2]. The predicted molar refractivity (Wildman–Crippen MR) is 119 cm³/mol. The van der Waals surface area contributed by atoms with E-state index >= 15 is 0 Å². The zero-order chi connectivity index (χ0) is 21.5. The molecule has 0 aromatic rings. The number of hydrogen-bond acceptors (Lipinski definition) is 2. The van der Waals surface area contributed by atoms with Crippen molar-refractivity contribution in [1.82, 2.24) is 0 Å². The maximum absolute atomic E-state index is 7.56. The molecule has 0 aliphatic carbocycles. The van der Waals surface area contributed by atoms with Crippen molar-refractivity contribution in [2.45, 2.75) is 90.9 Å². The molecule has 0 unspecified atom stereocenters. The van der Waals surface area contributed by atoms with Crippen molar-refractivity contribution in [2.75, 3.05) is 0 Å². The molecule has 6 N–H and O–H groups in total. The Morgan fingerprint density at radius 3 is 0.889 bits per heavy atom. The summed E-state index contributed by atoms with van der Waals surface area (Å²) in [5, 5.41) is 0. The molecular weight excluding hydrogens is 510 g/mol. The van der Waals surface area contributed by atoms with Gasteiger partial charge in [-0.25, -0.2) is 0 Å². The minimum absolute atomic E-state index is 0. The van der Waals surface area contributed by atoms with E-state index in [9.17, 15) is 0 Å². The van der Waals surface area contributed by atoms with Crippen molar-refractivity contribution in [3.63, 3.8) is 0 Å². The van der Waals surface area contributed by atoms with Crippen molar-refractivity contribution in [2.24, 2.45) is 0 Å². The molecule has 0 atom stereocenters. The van der Waals surface area contributed by atoms with E-state index in [2.05, 4.69) is 51.3 Å². The van der Waals surface area contributed by atoms with Crippen molar-refractivity contribution in [3.05, 3.63) is 13.8 Å². The van der Waals surface area contributed by atoms with Crippen LogP contribution in [-0.2, 0) is 44.7 Å². The minimum Gasteiger partial charge on any atom is -0.343 e. The van der Waals surface area contributed by atoms with Gasteiger partial charge in [-0.2, -0.15) is 12.8 Å². The maximum Gasteiger partial charge on any atom is 2.00 e. The van der Waals surface area contributed by atoms with Crippen LogP contribution in [-0.4, -0.2) is 29.4 Å². The topological polar surface area (TPSA) is 121 Å². The van der Waals surface area contributed by atoms with Crippen LogP contribution in [0.4, 0.5) is 0 Å². The molecule has 0 rings (SSSR count). The van der Waals surface area contributed by atoms with Gasteiger partial charge < -0.3 is 43.2 Å². The van der Waals surface area contributed by atoms with Crippen LogP contribution in [0.1, 0.15) is 90.9 Å². The van der Waals surface area contributed by atoms with Crippen molar-refractivity contribution < 1.29 is 50.4 Å². The summed E-state index contributed by atoms with van der Waals surface area (Å²) in [6.45, 7) is 4.44. The summed E-state index contributed by atoms with van der Waals surface area (Å²) >= 11 is 7.21. The first kappa shape index (κ1) is 39.2. The summed E-state index contributed by atoms with van der Waals surface area (Å²) in [7, 11) is 0. The number of rotatable bonds is 10. The van der Waals surface area contributed by atoms with Gasteiger partial charge in [0.2, 0.25) is 0 Å². The second-order valence-corrected chi connectivity index (χ2v) is 10.6. The normalized spacial score (nSPS) is 10.1. The van der Waals surface area contributed by atoms with Crippen LogP contribution < -0.4 is 0 Å². The van der Waals surface area contributed by atoms with Crippen LogP contribution in [0.5, 0.6) is 0 Å². The molecule has 0 aromatic heterocycles. The molecule has 0 saturated carbocycles. The standard InChI is InChI=1S/2C8H17.Mo.2H3O3PS/c2*1-3-5-7-8-6-4-2;;2*1-4(2,3)5/h2*1,3-8H2,2H3;;2*(H3,1,2,3,5)/q2*-1;+2;;. The fourth-order valence-corrected chi connectivity index (χ4v) is 1.56. The van der Waals surface area contributed by atoms with Crippen molar-refractivity contribution in [3.8, 4) is 0 Å². The van der Waals surface area contributed by atoms with Gasteiger partial charge in [0.15, 0.2) is 0 Å². The fourth-order valence-electron chi connectivity index (χ4n) is 1.56. The van der Waals surface area contributed by atoms with Gasteiger partial charge in [0.1, 0.15) is 0 Å². The Morgan fingerprint density at radius 1 is 0.556 bits per heavy atom. The molecule has 27 heavy (non-hydrogen) atoms. The maximum atomic E-state index is 7.56. The third kappa shape index (κ3) is 133. The summed E-state index contributed by atoms with van der Waals surface area (Å²) in [6.07, 6.45) is 16.0. The quantitative estimate of drug-likeness (QED) is 0.1000. The van der Waals surface area contributed by atoms with Crippen LogP contribution >= 0.6 is 13.4 Å². The second-order valence-electron chi connectivity index (χ2n) is 5.56. The molecule has 0 aromatic carbocycles. The molecule has 11 heteroatoms. The van der Waals surface area contributed by atoms with E-state index in [1.165, 1.54) is 64.2 Å². The number of hydrogen-bond donors (Lipinski definition) is 6. The summed E-state index contributed by atoms with van der Waals surface area (Å²) in [5.74, 6) is 0. The molecular formula is C16H40MoO6P2S2. The molecule has 0 spiro atoms. The smallest absolute Gasteiger partial charge is 0.343 e. The van der Waals surface area contributed by atoms with E-state index in [-0.39, 0.29) is 21.1 Å². The monoisotopic (exact) mass is 552 g/mol. The largest absolute Gasteiger partial charge is 2.00 e. The zero-order valence-electron chi connectivity index (χ0n) is 16.7. The second kappa shape index (κ2) is 29.9. The molecule has 0 bridgehead atoms. The van der Waals surface area contributed by atoms with E-state index in [1.807, 2.05) is 0 Å². The first-order valence-corrected chi connectivity index (χ1v) is 14.3. The van der Waals surface area contributed by atoms with Gasteiger partial charge in [-0.1, -0.05) is 78.1 Å². The molecule has 0 heterocycles. The molecule has 0 radical (unpaired) electrons. The van der Waals surface area contributed by atoms with Crippen molar-refractivity contribution in [1.29, 1.82) is 0 Å². The van der Waals surface area contributed by atoms with Crippen LogP contribution in [0.15, 0.2) is 0 Å². The first-order valence-electron chi connectivity index (χ1n) is 8.98. The van der Waals surface area contributed by atoms with E-state index in [4.69, 9.17) is 29.4 Å². The molecule has 0 aliphatic rings. The molecule has 0 aliphatic heterocycles. The summed E-state index contributed by atoms with van der Waals surface area (Å²) in [5.41, 5.74) is 0. The average Bonchev–Trinajstić information content (AvgIpc) is 2.46. The van der Waals surface area contributed by atoms with Gasteiger partial charge in [-0.3, -0.25) is 0 Å². The van der Waals surface area contributed by atoms with E-state index in [1.54, 1.807) is 0 Å². The zero-order valence-corrected chi connectivity index (χ0v) is 22.1. The third-order valence-electron chi connectivity index (χ3n) is 2.71. The Kier molecular flexibility index (Phi) is 43.5. The molecule has 6 nitrogen and oxygen atoms in total. The van der Waals surface area contributed by atoms with Crippen LogP contribution in [0.3, 0.4) is 0 Å². The van der Waals surface area contributed by atoms with E-state index < -0.39 is 13.4 Å². The van der Waals surface area contributed by atoms with Crippen LogP contribution in [0.25, 0.3) is 0 Å². The van der Waals surface area contributed by atoms with Gasteiger partial charge in [0.25, 0.3) is 0 Å². The van der Waals surface area contributed by atoms with Crippen molar-refractivity contribution >= 4 is 37.1 Å². The Bertz CT molecular complexity index is 280. The Labute approximate surface area is 191 Å². The van der Waals surface area contributed by atoms with E-state index in [0.717, 1.165) is 12.8 Å². The Morgan fingerprint density at radius 2 is 0.741 bits per heavy atom. The number of unbranched alkanes of at least 4 members (excludes halogenated alkanes) is 10. The Balaban J connectivity index is -0.0000000807. The van der Waals surface area contributed by atoms with E-state index in [0.29, 0.717) is 0 Å². The van der Waals surface area contributed by atoms with Gasteiger partial charge in [0, 0.05) is 0 Å². The molecule has 0 fully saturated rings. The van der Waals surface area contributed by atoms with Gasteiger partial charge >= 0.3 is 34.5 Å². The van der Waals surface area contributed by atoms with Gasteiger partial charge in [-0.05, 0) is 23.6 Å². The first-order chi connectivity index (χ1) is 11.8. The predicted octanol–water partition coefficient (Wildman–Crippen LogP) is 4.74. The molecule has 168 valence electrons. The van der Waals surface area contributed by atoms with Gasteiger partial charge in [0.05, 0.1) is 0 Å². The van der Waals surface area contributed by atoms with Crippen LogP contribution in [0.2, 0.25) is 0 Å². The third-order valence-corrected chi connectivity index (χ3v) is 2.71. The summed E-state index contributed by atoms with van der Waals surface area (Å²) < 4.78 is 0. The summed E-state index contributed by atoms with van der Waals surface area (Å²) in [6, 6.07) is 0.